The summed E-state index contributed by atoms with van der Waals surface area (Å²) in [7, 11) is 0. The Kier molecular flexibility index (Phi) is 7.84. The number of nitrogens with one attached hydrogen (secondary N) is 1. The van der Waals surface area contributed by atoms with Gasteiger partial charge >= 0.3 is 5.97 Å². The lowest BCUT2D eigenvalue weighted by Gasteiger charge is -2.14. The highest BCUT2D eigenvalue weighted by atomic mass is 79.9. The van der Waals surface area contributed by atoms with Crippen LogP contribution in [0.25, 0.3) is 6.08 Å². The van der Waals surface area contributed by atoms with Crippen molar-refractivity contribution in [1.82, 2.24) is 5.32 Å². The van der Waals surface area contributed by atoms with Crippen LogP contribution in [0.15, 0.2) is 81.4 Å². The normalized spacial score (nSPS) is 11.8. The standard InChI is InChI=1S/C24H19BrN2O5/c1-16(31-21-5-2-4-19(25)13-21)24(29)32-20-9-7-17(8-10-20)12-18(14-26)23(28)27-15-22-6-3-11-30-22/h2-13,16H,15H2,1H3,(H,27,28)/b18-12+. The molecule has 0 aliphatic heterocycles. The molecule has 1 aromatic heterocycles. The molecule has 0 aliphatic carbocycles. The predicted molar refractivity (Wildman–Crippen MR) is 120 cm³/mol. The molecule has 0 spiro atoms. The largest absolute Gasteiger partial charge is 0.479 e. The molecule has 1 amide bonds. The van der Waals surface area contributed by atoms with E-state index in [2.05, 4.69) is 21.2 Å². The maximum absolute atomic E-state index is 12.3. The minimum Gasteiger partial charge on any atom is -0.479 e. The van der Waals surface area contributed by atoms with E-state index in [1.54, 1.807) is 61.5 Å². The SMILES string of the molecule is CC(Oc1cccc(Br)c1)C(=O)Oc1ccc(/C=C(\C#N)C(=O)NCc2ccco2)cc1. The van der Waals surface area contributed by atoms with Gasteiger partial charge in [0.15, 0.2) is 6.10 Å². The van der Waals surface area contributed by atoms with Gasteiger partial charge in [-0.05, 0) is 61.0 Å². The Morgan fingerprint density at radius 1 is 1.16 bits per heavy atom. The molecule has 3 rings (SSSR count). The van der Waals surface area contributed by atoms with E-state index in [0.717, 1.165) is 4.47 Å². The van der Waals surface area contributed by atoms with Crippen molar-refractivity contribution in [3.8, 4) is 17.6 Å². The van der Waals surface area contributed by atoms with Gasteiger partial charge in [-0.2, -0.15) is 5.26 Å². The summed E-state index contributed by atoms with van der Waals surface area (Å²) >= 11 is 3.35. The Hall–Kier alpha value is -3.83. The van der Waals surface area contributed by atoms with Gasteiger partial charge in [-0.3, -0.25) is 4.79 Å². The zero-order chi connectivity index (χ0) is 22.9. The number of ether oxygens (including phenoxy) is 2. The molecule has 32 heavy (non-hydrogen) atoms. The Bertz CT molecular complexity index is 1150. The summed E-state index contributed by atoms with van der Waals surface area (Å²) in [5.41, 5.74) is 0.547. The summed E-state index contributed by atoms with van der Waals surface area (Å²) in [6.07, 6.45) is 2.14. The van der Waals surface area contributed by atoms with Gasteiger partial charge in [-0.1, -0.05) is 34.1 Å². The van der Waals surface area contributed by atoms with E-state index in [-0.39, 0.29) is 12.1 Å². The zero-order valence-electron chi connectivity index (χ0n) is 17.1. The molecule has 1 heterocycles. The van der Waals surface area contributed by atoms with Gasteiger partial charge in [0.2, 0.25) is 0 Å². The molecule has 0 fully saturated rings. The molecule has 0 saturated carbocycles. The fourth-order valence-corrected chi connectivity index (χ4v) is 2.99. The second kappa shape index (κ2) is 11.0. The highest BCUT2D eigenvalue weighted by Gasteiger charge is 2.17. The van der Waals surface area contributed by atoms with E-state index in [9.17, 15) is 14.9 Å². The number of halogens is 1. The smallest absolute Gasteiger partial charge is 0.352 e. The Morgan fingerprint density at radius 3 is 2.59 bits per heavy atom. The number of nitriles is 1. The number of esters is 1. The zero-order valence-corrected chi connectivity index (χ0v) is 18.7. The molecule has 8 heteroatoms. The number of benzene rings is 2. The molecule has 0 radical (unpaired) electrons. The van der Waals surface area contributed by atoms with E-state index >= 15 is 0 Å². The average Bonchev–Trinajstić information content (AvgIpc) is 3.30. The Labute approximate surface area is 193 Å². The van der Waals surface area contributed by atoms with Crippen LogP contribution in [-0.2, 0) is 16.1 Å². The molecule has 3 aromatic rings. The molecule has 2 aromatic carbocycles. The molecule has 1 unspecified atom stereocenters. The van der Waals surface area contributed by atoms with Crippen molar-refractivity contribution in [2.24, 2.45) is 0 Å². The third-order valence-corrected chi connectivity index (χ3v) is 4.71. The van der Waals surface area contributed by atoms with Crippen LogP contribution < -0.4 is 14.8 Å². The van der Waals surface area contributed by atoms with Crippen LogP contribution in [0.4, 0.5) is 0 Å². The quantitative estimate of drug-likeness (QED) is 0.212. The maximum atomic E-state index is 12.3. The predicted octanol–water partition coefficient (Wildman–Crippen LogP) is 4.64. The number of hydrogen-bond donors (Lipinski definition) is 1. The van der Waals surface area contributed by atoms with Crippen LogP contribution in [0.3, 0.4) is 0 Å². The van der Waals surface area contributed by atoms with Crippen molar-refractivity contribution in [3.05, 3.63) is 88.3 Å². The van der Waals surface area contributed by atoms with E-state index in [1.165, 1.54) is 12.3 Å². The first-order valence-corrected chi connectivity index (χ1v) is 10.4. The first-order valence-electron chi connectivity index (χ1n) is 9.61. The second-order valence-electron chi connectivity index (χ2n) is 6.64. The molecule has 1 N–H and O–H groups in total. The van der Waals surface area contributed by atoms with E-state index < -0.39 is 18.0 Å². The van der Waals surface area contributed by atoms with Crippen LogP contribution >= 0.6 is 15.9 Å². The average molecular weight is 495 g/mol. The van der Waals surface area contributed by atoms with Crippen molar-refractivity contribution in [1.29, 1.82) is 5.26 Å². The second-order valence-corrected chi connectivity index (χ2v) is 7.56. The number of carbonyl (C=O) groups is 2. The number of furan rings is 1. The van der Waals surface area contributed by atoms with Crippen LogP contribution in [-0.4, -0.2) is 18.0 Å². The van der Waals surface area contributed by atoms with Gasteiger partial charge in [0.25, 0.3) is 5.91 Å². The van der Waals surface area contributed by atoms with Crippen LogP contribution in [0.5, 0.6) is 11.5 Å². The van der Waals surface area contributed by atoms with Crippen LogP contribution in [0, 0.1) is 11.3 Å². The van der Waals surface area contributed by atoms with E-state index in [0.29, 0.717) is 22.8 Å². The van der Waals surface area contributed by atoms with Gasteiger partial charge in [-0.25, -0.2) is 4.79 Å². The molecule has 1 atom stereocenters. The molecular weight excluding hydrogens is 476 g/mol. The van der Waals surface area contributed by atoms with Gasteiger partial charge in [0.05, 0.1) is 12.8 Å². The molecule has 162 valence electrons. The maximum Gasteiger partial charge on any atom is 0.352 e. The van der Waals surface area contributed by atoms with Crippen LogP contribution in [0.2, 0.25) is 0 Å². The van der Waals surface area contributed by atoms with Crippen LogP contribution in [0.1, 0.15) is 18.2 Å². The summed E-state index contributed by atoms with van der Waals surface area (Å²) in [4.78, 5) is 24.5. The number of rotatable bonds is 8. The van der Waals surface area contributed by atoms with Gasteiger partial charge in [0, 0.05) is 4.47 Å². The number of hydrogen-bond acceptors (Lipinski definition) is 6. The molecule has 0 bridgehead atoms. The van der Waals surface area contributed by atoms with Gasteiger partial charge < -0.3 is 19.2 Å². The fraction of sp³-hybridized carbons (Fsp3) is 0.125. The molecule has 0 saturated heterocycles. The first-order chi connectivity index (χ1) is 15.4. The van der Waals surface area contributed by atoms with Crippen molar-refractivity contribution in [3.63, 3.8) is 0 Å². The Balaban J connectivity index is 1.57. The summed E-state index contributed by atoms with van der Waals surface area (Å²) in [5, 5.41) is 11.9. The fourth-order valence-electron chi connectivity index (χ4n) is 2.61. The first kappa shape index (κ1) is 22.8. The van der Waals surface area contributed by atoms with Gasteiger partial charge in [0.1, 0.15) is 28.9 Å². The summed E-state index contributed by atoms with van der Waals surface area (Å²) in [6, 6.07) is 18.9. The highest BCUT2D eigenvalue weighted by molar-refractivity contribution is 9.10. The monoisotopic (exact) mass is 494 g/mol. The lowest BCUT2D eigenvalue weighted by molar-refractivity contribution is -0.141. The highest BCUT2D eigenvalue weighted by Crippen LogP contribution is 2.20. The van der Waals surface area contributed by atoms with Crippen molar-refractivity contribution in [2.75, 3.05) is 0 Å². The summed E-state index contributed by atoms with van der Waals surface area (Å²) in [6.45, 7) is 1.78. The molecule has 0 aliphatic rings. The van der Waals surface area contributed by atoms with Gasteiger partial charge in [-0.15, -0.1) is 0 Å². The van der Waals surface area contributed by atoms with Crippen molar-refractivity contribution >= 4 is 33.9 Å². The molecular formula is C24H19BrN2O5. The van der Waals surface area contributed by atoms with Crippen molar-refractivity contribution < 1.29 is 23.5 Å². The molecule has 7 nitrogen and oxygen atoms in total. The van der Waals surface area contributed by atoms with E-state index in [1.807, 2.05) is 12.1 Å². The Morgan fingerprint density at radius 2 is 1.94 bits per heavy atom. The van der Waals surface area contributed by atoms with Crippen molar-refractivity contribution in [2.45, 2.75) is 19.6 Å². The minimum atomic E-state index is -0.813. The lowest BCUT2D eigenvalue weighted by Crippen LogP contribution is -2.28. The third-order valence-electron chi connectivity index (χ3n) is 4.22. The summed E-state index contributed by atoms with van der Waals surface area (Å²) in [5.74, 6) is 0.373. The van der Waals surface area contributed by atoms with E-state index in [4.69, 9.17) is 13.9 Å². The number of carbonyl (C=O) groups excluding carboxylic acids is 2. The topological polar surface area (TPSA) is 102 Å². The lowest BCUT2D eigenvalue weighted by atomic mass is 10.1. The number of nitrogens with zero attached hydrogens (tertiary/aromatic N) is 1. The minimum absolute atomic E-state index is 0.0580. The number of amides is 1. The summed E-state index contributed by atoms with van der Waals surface area (Å²) < 4.78 is 16.9. The third kappa shape index (κ3) is 6.59.